The van der Waals surface area contributed by atoms with E-state index in [1.165, 1.54) is 11.0 Å². The third-order valence-electron chi connectivity index (χ3n) is 5.33. The molecule has 1 amide bonds. The minimum atomic E-state index is -0.840. The monoisotopic (exact) mass is 455 g/mol. The molecule has 1 heterocycles. The third kappa shape index (κ3) is 5.12. The summed E-state index contributed by atoms with van der Waals surface area (Å²) >= 11 is 0. The van der Waals surface area contributed by atoms with E-state index in [0.29, 0.717) is 43.1 Å². The topological polar surface area (TPSA) is 106 Å². The van der Waals surface area contributed by atoms with Crippen LogP contribution < -0.4 is 9.47 Å². The number of nitrogens with zero attached hydrogens (tertiary/aromatic N) is 1. The van der Waals surface area contributed by atoms with Gasteiger partial charge in [-0.25, -0.2) is 0 Å². The van der Waals surface area contributed by atoms with Crippen molar-refractivity contribution < 1.29 is 34.0 Å². The molecule has 0 spiro atoms. The van der Waals surface area contributed by atoms with Gasteiger partial charge < -0.3 is 29.3 Å². The number of benzene rings is 2. The molecule has 2 N–H and O–H groups in total. The van der Waals surface area contributed by atoms with Crippen LogP contribution in [0.3, 0.4) is 0 Å². The van der Waals surface area contributed by atoms with Gasteiger partial charge in [0.1, 0.15) is 11.5 Å². The highest BCUT2D eigenvalue weighted by Crippen LogP contribution is 2.42. The normalized spacial score (nSPS) is 17.4. The van der Waals surface area contributed by atoms with Crippen molar-refractivity contribution in [2.45, 2.75) is 26.3 Å². The van der Waals surface area contributed by atoms with Gasteiger partial charge in [0.05, 0.1) is 24.8 Å². The van der Waals surface area contributed by atoms with Crippen molar-refractivity contribution in [1.82, 2.24) is 4.90 Å². The summed E-state index contributed by atoms with van der Waals surface area (Å²) in [6, 6.07) is 10.5. The first-order valence-corrected chi connectivity index (χ1v) is 10.9. The fourth-order valence-electron chi connectivity index (χ4n) is 3.84. The molecule has 0 saturated carbocycles. The molecule has 0 radical (unpaired) electrons. The molecule has 2 aromatic carbocycles. The Kier molecular flexibility index (Phi) is 7.95. The van der Waals surface area contributed by atoms with Crippen LogP contribution in [0.25, 0.3) is 5.76 Å². The third-order valence-corrected chi connectivity index (χ3v) is 5.33. The number of phenols is 1. The first-order chi connectivity index (χ1) is 15.9. The van der Waals surface area contributed by atoms with Crippen LogP contribution in [0.2, 0.25) is 0 Å². The maximum atomic E-state index is 13.0. The number of Topliss-reactive ketones (excluding diaryl/α,β-unsaturated/α-hetero) is 1. The van der Waals surface area contributed by atoms with Crippen LogP contribution in [0.4, 0.5) is 0 Å². The Balaban J connectivity index is 2.11. The summed E-state index contributed by atoms with van der Waals surface area (Å²) in [6.45, 7) is 5.16. The molecule has 1 aliphatic heterocycles. The van der Waals surface area contributed by atoms with E-state index in [9.17, 15) is 19.8 Å². The molecule has 176 valence electrons. The molecule has 0 aromatic heterocycles. The highest BCUT2D eigenvalue weighted by molar-refractivity contribution is 6.46. The zero-order chi connectivity index (χ0) is 24.0. The molecule has 33 heavy (non-hydrogen) atoms. The SMILES string of the molecule is CCOc1ccc(/C(O)=C2/C(=O)C(=O)N(CCCOC)C2c2ccc(O)c(OCC)c2)cc1. The van der Waals surface area contributed by atoms with Crippen molar-refractivity contribution in [1.29, 1.82) is 0 Å². The van der Waals surface area contributed by atoms with Gasteiger partial charge in [-0.2, -0.15) is 0 Å². The Labute approximate surface area is 193 Å². The van der Waals surface area contributed by atoms with Gasteiger partial charge in [-0.3, -0.25) is 9.59 Å². The zero-order valence-corrected chi connectivity index (χ0v) is 19.0. The van der Waals surface area contributed by atoms with Gasteiger partial charge in [-0.05, 0) is 62.2 Å². The van der Waals surface area contributed by atoms with E-state index in [2.05, 4.69) is 0 Å². The minimum Gasteiger partial charge on any atom is -0.507 e. The largest absolute Gasteiger partial charge is 0.507 e. The molecular formula is C25H29NO7. The number of carbonyl (C=O) groups is 2. The lowest BCUT2D eigenvalue weighted by atomic mass is 9.95. The number of ketones is 1. The predicted octanol–water partition coefficient (Wildman–Crippen LogP) is 3.65. The molecule has 8 nitrogen and oxygen atoms in total. The standard InChI is InChI=1S/C25H29NO7/c1-4-32-18-10-7-16(8-11-18)23(28)21-22(17-9-12-19(27)20(15-17)33-5-2)26(13-6-14-31-3)25(30)24(21)29/h7-12,15,22,27-28H,4-6,13-14H2,1-3H3/b23-21-. The van der Waals surface area contributed by atoms with E-state index in [1.54, 1.807) is 50.4 Å². The Hall–Kier alpha value is -3.52. The number of likely N-dealkylation sites (tertiary alicyclic amines) is 1. The number of aromatic hydroxyl groups is 1. The number of rotatable bonds is 10. The molecule has 0 aliphatic carbocycles. The molecular weight excluding hydrogens is 426 g/mol. The van der Waals surface area contributed by atoms with E-state index in [4.69, 9.17) is 14.2 Å². The first-order valence-electron chi connectivity index (χ1n) is 10.9. The van der Waals surface area contributed by atoms with Crippen molar-refractivity contribution in [3.8, 4) is 17.2 Å². The van der Waals surface area contributed by atoms with E-state index < -0.39 is 17.7 Å². The maximum absolute atomic E-state index is 13.0. The Morgan fingerprint density at radius 3 is 2.36 bits per heavy atom. The van der Waals surface area contributed by atoms with Gasteiger partial charge in [0.2, 0.25) is 0 Å². The number of hydrogen-bond donors (Lipinski definition) is 2. The summed E-state index contributed by atoms with van der Waals surface area (Å²) in [7, 11) is 1.56. The quantitative estimate of drug-likeness (QED) is 0.244. The molecule has 0 bridgehead atoms. The minimum absolute atomic E-state index is 0.0188. The molecule has 1 fully saturated rings. The smallest absolute Gasteiger partial charge is 0.295 e. The van der Waals surface area contributed by atoms with E-state index >= 15 is 0 Å². The predicted molar refractivity (Wildman–Crippen MR) is 122 cm³/mol. The molecule has 2 aromatic rings. The second-order valence-corrected chi connectivity index (χ2v) is 7.46. The average Bonchev–Trinajstić information content (AvgIpc) is 3.06. The maximum Gasteiger partial charge on any atom is 0.295 e. The number of aliphatic hydroxyl groups excluding tert-OH is 1. The average molecular weight is 456 g/mol. The van der Waals surface area contributed by atoms with Crippen LogP contribution in [0, 0.1) is 0 Å². The molecule has 1 unspecified atom stereocenters. The molecule has 1 aliphatic rings. The van der Waals surface area contributed by atoms with Gasteiger partial charge in [0, 0.05) is 25.8 Å². The second-order valence-electron chi connectivity index (χ2n) is 7.46. The molecule has 1 saturated heterocycles. The Morgan fingerprint density at radius 2 is 1.73 bits per heavy atom. The van der Waals surface area contributed by atoms with Crippen molar-refractivity contribution >= 4 is 17.4 Å². The van der Waals surface area contributed by atoms with Gasteiger partial charge >= 0.3 is 0 Å². The number of phenolic OH excluding ortho intramolecular Hbond substituents is 1. The fourth-order valence-corrected chi connectivity index (χ4v) is 3.84. The summed E-state index contributed by atoms with van der Waals surface area (Å²) in [4.78, 5) is 27.4. The fraction of sp³-hybridized carbons (Fsp3) is 0.360. The van der Waals surface area contributed by atoms with Crippen LogP contribution in [-0.4, -0.2) is 60.3 Å². The number of ether oxygens (including phenoxy) is 3. The number of methoxy groups -OCH3 is 1. The lowest BCUT2D eigenvalue weighted by Crippen LogP contribution is -2.31. The number of amides is 1. The van der Waals surface area contributed by atoms with E-state index in [1.807, 2.05) is 6.92 Å². The van der Waals surface area contributed by atoms with Gasteiger partial charge in [0.15, 0.2) is 11.5 Å². The number of carbonyl (C=O) groups excluding carboxylic acids is 2. The van der Waals surface area contributed by atoms with Crippen LogP contribution in [-0.2, 0) is 14.3 Å². The van der Waals surface area contributed by atoms with Gasteiger partial charge in [0.25, 0.3) is 11.7 Å². The van der Waals surface area contributed by atoms with Crippen molar-refractivity contribution in [3.05, 3.63) is 59.2 Å². The highest BCUT2D eigenvalue weighted by atomic mass is 16.5. The van der Waals surface area contributed by atoms with Crippen molar-refractivity contribution in [3.63, 3.8) is 0 Å². The second kappa shape index (κ2) is 10.9. The Morgan fingerprint density at radius 1 is 1.03 bits per heavy atom. The number of hydrogen-bond acceptors (Lipinski definition) is 7. The first kappa shape index (κ1) is 24.1. The summed E-state index contributed by atoms with van der Waals surface area (Å²) in [5.74, 6) is -0.932. The van der Waals surface area contributed by atoms with E-state index in [-0.39, 0.29) is 29.4 Å². The summed E-state index contributed by atoms with van der Waals surface area (Å²) in [5.41, 5.74) is 0.914. The van der Waals surface area contributed by atoms with Gasteiger partial charge in [-0.15, -0.1) is 0 Å². The molecule has 8 heteroatoms. The van der Waals surface area contributed by atoms with Crippen LogP contribution in [0.15, 0.2) is 48.0 Å². The number of aliphatic hydroxyl groups is 1. The van der Waals surface area contributed by atoms with Crippen LogP contribution in [0.1, 0.15) is 37.4 Å². The highest BCUT2D eigenvalue weighted by Gasteiger charge is 2.46. The summed E-state index contributed by atoms with van der Waals surface area (Å²) in [6.07, 6.45) is 0.513. The van der Waals surface area contributed by atoms with Crippen molar-refractivity contribution in [2.75, 3.05) is 33.5 Å². The zero-order valence-electron chi connectivity index (χ0n) is 19.0. The molecule has 3 rings (SSSR count). The summed E-state index contributed by atoms with van der Waals surface area (Å²) < 4.78 is 16.0. The lowest BCUT2D eigenvalue weighted by molar-refractivity contribution is -0.140. The van der Waals surface area contributed by atoms with Crippen molar-refractivity contribution in [2.24, 2.45) is 0 Å². The summed E-state index contributed by atoms with van der Waals surface area (Å²) in [5, 5.41) is 21.2. The van der Waals surface area contributed by atoms with Crippen LogP contribution >= 0.6 is 0 Å². The Bertz CT molecular complexity index is 1030. The lowest BCUT2D eigenvalue weighted by Gasteiger charge is -2.25. The van der Waals surface area contributed by atoms with Gasteiger partial charge in [-0.1, -0.05) is 6.07 Å². The molecule has 1 atom stereocenters. The van der Waals surface area contributed by atoms with Crippen LogP contribution in [0.5, 0.6) is 17.2 Å². The van der Waals surface area contributed by atoms with E-state index in [0.717, 1.165) is 0 Å².